The first-order valence-electron chi connectivity index (χ1n) is 19.4. The summed E-state index contributed by atoms with van der Waals surface area (Å²) in [7, 11) is 19.6. The molecule has 0 radical (unpaired) electrons. The summed E-state index contributed by atoms with van der Waals surface area (Å²) < 4.78 is 64.5. The van der Waals surface area contributed by atoms with E-state index >= 15 is 0 Å². The molecule has 0 aromatic heterocycles. The highest BCUT2D eigenvalue weighted by Gasteiger charge is 2.26. The lowest BCUT2D eigenvalue weighted by atomic mass is 9.81. The van der Waals surface area contributed by atoms with Crippen molar-refractivity contribution in [3.63, 3.8) is 0 Å². The minimum Gasteiger partial charge on any atom is -0.496 e. The Hall–Kier alpha value is -6.04. The van der Waals surface area contributed by atoms with Gasteiger partial charge in [0.05, 0.1) is 85.3 Å². The summed E-state index contributed by atoms with van der Waals surface area (Å²) in [5.74, 6) is 9.10. The second kappa shape index (κ2) is 26.1. The van der Waals surface area contributed by atoms with Gasteiger partial charge in [0.15, 0.2) is 46.0 Å². The molecule has 4 aromatic rings. The Bertz CT molecular complexity index is 1900. The predicted octanol–water partition coefficient (Wildman–Crippen LogP) is 10.6. The Balaban J connectivity index is 0.000000346. The molecule has 0 aliphatic rings. The fourth-order valence-electron chi connectivity index (χ4n) is 6.74. The summed E-state index contributed by atoms with van der Waals surface area (Å²) >= 11 is 0. The molecular weight excluding hydrogens is 769 g/mol. The van der Waals surface area contributed by atoms with E-state index in [0.717, 1.165) is 58.1 Å². The fraction of sp³-hybridized carbons (Fsp3) is 0.417. The Morgan fingerprint density at radius 3 is 1.02 bits per heavy atom. The van der Waals surface area contributed by atoms with E-state index in [0.29, 0.717) is 51.9 Å². The van der Waals surface area contributed by atoms with Crippen molar-refractivity contribution in [2.75, 3.05) is 85.3 Å². The fourth-order valence-corrected chi connectivity index (χ4v) is 6.74. The van der Waals surface area contributed by atoms with E-state index in [1.807, 2.05) is 86.7 Å². The van der Waals surface area contributed by atoms with Crippen LogP contribution >= 0.6 is 0 Å². The highest BCUT2D eigenvalue weighted by molar-refractivity contribution is 5.64. The van der Waals surface area contributed by atoms with Gasteiger partial charge in [-0.05, 0) is 68.4 Å². The minimum atomic E-state index is 0.248. The van der Waals surface area contributed by atoms with E-state index in [1.54, 1.807) is 85.3 Å². The molecule has 0 saturated carbocycles. The van der Waals surface area contributed by atoms with Gasteiger partial charge in [-0.2, -0.15) is 0 Å². The molecule has 0 saturated heterocycles. The highest BCUT2D eigenvalue weighted by Crippen LogP contribution is 2.44. The molecule has 4 rings (SSSR count). The van der Waals surface area contributed by atoms with E-state index in [9.17, 15) is 0 Å². The van der Waals surface area contributed by atoms with E-state index in [2.05, 4.69) is 13.8 Å². The molecular formula is C48H66O12. The van der Waals surface area contributed by atoms with Crippen LogP contribution in [0.4, 0.5) is 0 Å². The van der Waals surface area contributed by atoms with Crippen LogP contribution in [0.15, 0.2) is 60.7 Å². The summed E-state index contributed by atoms with van der Waals surface area (Å²) in [5, 5.41) is 0. The van der Waals surface area contributed by atoms with Gasteiger partial charge in [0.2, 0.25) is 0 Å². The predicted molar refractivity (Wildman–Crippen MR) is 240 cm³/mol. The van der Waals surface area contributed by atoms with Crippen molar-refractivity contribution in [3.8, 4) is 69.0 Å². The topological polar surface area (TPSA) is 111 Å². The van der Waals surface area contributed by atoms with E-state index in [1.165, 1.54) is 0 Å². The summed E-state index contributed by atoms with van der Waals surface area (Å²) in [4.78, 5) is 0. The second-order valence-corrected chi connectivity index (χ2v) is 13.1. The molecule has 12 heteroatoms. The minimum absolute atomic E-state index is 0.248. The molecule has 330 valence electrons. The van der Waals surface area contributed by atoms with Gasteiger partial charge in [-0.25, -0.2) is 0 Å². The largest absolute Gasteiger partial charge is 0.496 e. The second-order valence-electron chi connectivity index (χ2n) is 13.1. The lowest BCUT2D eigenvalue weighted by Gasteiger charge is -2.27. The molecule has 0 aliphatic carbocycles. The third-order valence-corrected chi connectivity index (χ3v) is 9.75. The van der Waals surface area contributed by atoms with Gasteiger partial charge >= 0.3 is 0 Å². The first-order valence-corrected chi connectivity index (χ1v) is 19.4. The van der Waals surface area contributed by atoms with Crippen LogP contribution in [-0.2, 0) is 6.42 Å². The molecule has 0 amide bonds. The molecule has 2 atom stereocenters. The number of hydrogen-bond acceptors (Lipinski definition) is 12. The maximum absolute atomic E-state index is 5.69. The first-order chi connectivity index (χ1) is 29.0. The monoisotopic (exact) mass is 834 g/mol. The van der Waals surface area contributed by atoms with Gasteiger partial charge in [0.1, 0.15) is 23.0 Å². The molecule has 0 heterocycles. The average Bonchev–Trinajstić information content (AvgIpc) is 3.28. The standard InChI is InChI=1S/C24H34O6.2C12H16O3/c1-9-17(18-12-22(28-6)24(30-8)14-20(18)26-4)15(2)10-16-11-21(27-5)23(29-7)13-19(16)25-3;2*1-5-6-9-7-11(14-3)12(15-4)8-10(9)13-2/h11-15,17H,9-10H2,1-8H3;2*5-8H,1-4H3/b;6-5+;6-5-. The normalized spacial score (nSPS) is 11.5. The maximum Gasteiger partial charge on any atom is 0.164 e. The zero-order chi connectivity index (χ0) is 44.8. The van der Waals surface area contributed by atoms with E-state index < -0.39 is 0 Å². The van der Waals surface area contributed by atoms with E-state index in [-0.39, 0.29) is 5.92 Å². The Morgan fingerprint density at radius 2 is 0.683 bits per heavy atom. The van der Waals surface area contributed by atoms with Crippen molar-refractivity contribution in [1.82, 2.24) is 0 Å². The lowest BCUT2D eigenvalue weighted by molar-refractivity contribution is 0.339. The van der Waals surface area contributed by atoms with Crippen molar-refractivity contribution in [3.05, 3.63) is 82.9 Å². The molecule has 60 heavy (non-hydrogen) atoms. The third kappa shape index (κ3) is 13.0. The van der Waals surface area contributed by atoms with Crippen molar-refractivity contribution < 1.29 is 56.8 Å². The number of hydrogen-bond donors (Lipinski definition) is 0. The smallest absolute Gasteiger partial charge is 0.164 e. The van der Waals surface area contributed by atoms with Crippen LogP contribution in [0.3, 0.4) is 0 Å². The van der Waals surface area contributed by atoms with Crippen LogP contribution in [0, 0.1) is 5.92 Å². The zero-order valence-corrected chi connectivity index (χ0v) is 38.4. The van der Waals surface area contributed by atoms with Gasteiger partial charge in [-0.1, -0.05) is 38.2 Å². The number of ether oxygens (including phenoxy) is 12. The Morgan fingerprint density at radius 1 is 0.383 bits per heavy atom. The molecule has 0 spiro atoms. The van der Waals surface area contributed by atoms with Crippen LogP contribution in [0.25, 0.3) is 12.2 Å². The third-order valence-electron chi connectivity index (χ3n) is 9.75. The molecule has 12 nitrogen and oxygen atoms in total. The van der Waals surface area contributed by atoms with Gasteiger partial charge in [-0.15, -0.1) is 0 Å². The van der Waals surface area contributed by atoms with Crippen LogP contribution in [0.2, 0.25) is 0 Å². The van der Waals surface area contributed by atoms with Gasteiger partial charge in [0, 0.05) is 41.0 Å². The van der Waals surface area contributed by atoms with Crippen LogP contribution < -0.4 is 56.8 Å². The maximum atomic E-state index is 5.69. The van der Waals surface area contributed by atoms with Crippen molar-refractivity contribution in [2.24, 2.45) is 5.92 Å². The SMILES string of the molecule is C/C=C/c1cc(OC)c(OC)cc1OC.C/C=C\c1cc(OC)c(OC)cc1OC.CCC(c1cc(OC)c(OC)cc1OC)C(C)Cc1cc(OC)c(OC)cc1OC. The number of benzene rings is 4. The van der Waals surface area contributed by atoms with Crippen molar-refractivity contribution in [1.29, 1.82) is 0 Å². The van der Waals surface area contributed by atoms with Crippen molar-refractivity contribution in [2.45, 2.75) is 46.5 Å². The molecule has 4 aromatic carbocycles. The molecule has 2 unspecified atom stereocenters. The summed E-state index contributed by atoms with van der Waals surface area (Å²) in [6.07, 6.45) is 9.57. The van der Waals surface area contributed by atoms with Crippen molar-refractivity contribution >= 4 is 12.2 Å². The number of allylic oxidation sites excluding steroid dienone is 2. The molecule has 0 aliphatic heterocycles. The Kier molecular flexibility index (Phi) is 21.8. The quantitative estimate of drug-likeness (QED) is 0.0896. The first kappa shape index (κ1) is 50.1. The molecule has 0 N–H and O–H groups in total. The van der Waals surface area contributed by atoms with Crippen LogP contribution in [0.5, 0.6) is 69.0 Å². The number of methoxy groups -OCH3 is 12. The van der Waals surface area contributed by atoms with Crippen LogP contribution in [0.1, 0.15) is 62.3 Å². The summed E-state index contributed by atoms with van der Waals surface area (Å²) in [6.45, 7) is 8.33. The average molecular weight is 835 g/mol. The molecule has 0 bridgehead atoms. The zero-order valence-electron chi connectivity index (χ0n) is 38.4. The van der Waals surface area contributed by atoms with E-state index in [4.69, 9.17) is 56.8 Å². The van der Waals surface area contributed by atoms with Gasteiger partial charge in [-0.3, -0.25) is 0 Å². The molecule has 0 fully saturated rings. The van der Waals surface area contributed by atoms with Gasteiger partial charge in [0.25, 0.3) is 0 Å². The Labute approximate surface area is 357 Å². The highest BCUT2D eigenvalue weighted by atomic mass is 16.5. The lowest BCUT2D eigenvalue weighted by Crippen LogP contribution is -2.14. The summed E-state index contributed by atoms with van der Waals surface area (Å²) in [5.41, 5.74) is 4.11. The summed E-state index contributed by atoms with van der Waals surface area (Å²) in [6, 6.07) is 15.2. The van der Waals surface area contributed by atoms with Gasteiger partial charge < -0.3 is 56.8 Å². The number of rotatable bonds is 19. The van der Waals surface area contributed by atoms with Crippen LogP contribution in [-0.4, -0.2) is 85.3 Å².